The summed E-state index contributed by atoms with van der Waals surface area (Å²) in [4.78, 5) is 27.5. The highest BCUT2D eigenvalue weighted by Crippen LogP contribution is 2.29. The van der Waals surface area contributed by atoms with Gasteiger partial charge in [0.25, 0.3) is 0 Å². The van der Waals surface area contributed by atoms with Crippen LogP contribution in [0.4, 0.5) is 19.0 Å². The molecule has 10 heteroatoms. The fourth-order valence-electron chi connectivity index (χ4n) is 3.22. The minimum atomic E-state index is -4.54. The zero-order valence-electron chi connectivity index (χ0n) is 15.0. The van der Waals surface area contributed by atoms with Crippen LogP contribution in [0.1, 0.15) is 12.6 Å². The Balaban J connectivity index is 1.66. The van der Waals surface area contributed by atoms with E-state index in [1.165, 1.54) is 10.6 Å². The van der Waals surface area contributed by atoms with Crippen molar-refractivity contribution in [2.24, 2.45) is 0 Å². The molecule has 0 bridgehead atoms. The molecule has 0 aromatic carbocycles. The minimum absolute atomic E-state index is 0.0427. The van der Waals surface area contributed by atoms with Crippen LogP contribution in [0.5, 0.6) is 0 Å². The summed E-state index contributed by atoms with van der Waals surface area (Å²) in [6.07, 6.45) is -1.03. The van der Waals surface area contributed by atoms with Gasteiger partial charge in [-0.05, 0) is 12.1 Å². The van der Waals surface area contributed by atoms with Crippen LogP contribution < -0.4 is 4.90 Å². The van der Waals surface area contributed by atoms with Gasteiger partial charge in [-0.1, -0.05) is 6.07 Å². The standard InChI is InChI=1S/C18H17F3N6O/c1-12(28)25-5-7-26(8-6-25)16-4-2-3-13(24-16)14-9-23-17-10-22-15(11-27(14)17)18(19,20)21/h2-4,9-11H,5-8H2,1H3. The van der Waals surface area contributed by atoms with Crippen molar-refractivity contribution in [3.05, 3.63) is 42.5 Å². The van der Waals surface area contributed by atoms with E-state index in [4.69, 9.17) is 0 Å². The average Bonchev–Trinajstić information content (AvgIpc) is 3.11. The second-order valence-electron chi connectivity index (χ2n) is 6.52. The minimum Gasteiger partial charge on any atom is -0.353 e. The smallest absolute Gasteiger partial charge is 0.353 e. The van der Waals surface area contributed by atoms with E-state index in [-0.39, 0.29) is 5.91 Å². The van der Waals surface area contributed by atoms with Crippen LogP contribution in [0.3, 0.4) is 0 Å². The Morgan fingerprint density at radius 1 is 1.07 bits per heavy atom. The second kappa shape index (κ2) is 6.77. The van der Waals surface area contributed by atoms with Crippen molar-refractivity contribution >= 4 is 17.4 Å². The van der Waals surface area contributed by atoms with E-state index >= 15 is 0 Å². The maximum absolute atomic E-state index is 13.0. The van der Waals surface area contributed by atoms with E-state index in [9.17, 15) is 18.0 Å². The number of rotatable bonds is 2. The van der Waals surface area contributed by atoms with Crippen molar-refractivity contribution in [1.29, 1.82) is 0 Å². The number of anilines is 1. The summed E-state index contributed by atoms with van der Waals surface area (Å²) in [6, 6.07) is 5.38. The zero-order valence-corrected chi connectivity index (χ0v) is 15.0. The maximum Gasteiger partial charge on any atom is 0.434 e. The predicted octanol–water partition coefficient (Wildman–Crippen LogP) is 2.48. The molecule has 0 saturated carbocycles. The van der Waals surface area contributed by atoms with Gasteiger partial charge in [-0.3, -0.25) is 9.20 Å². The van der Waals surface area contributed by atoms with E-state index < -0.39 is 11.9 Å². The molecule has 0 unspecified atom stereocenters. The number of pyridine rings is 1. The monoisotopic (exact) mass is 390 g/mol. The molecule has 0 radical (unpaired) electrons. The third-order valence-corrected chi connectivity index (χ3v) is 4.73. The Kier molecular flexibility index (Phi) is 4.40. The number of halogens is 3. The van der Waals surface area contributed by atoms with Gasteiger partial charge in [0.15, 0.2) is 11.3 Å². The van der Waals surface area contributed by atoms with Crippen molar-refractivity contribution in [3.8, 4) is 11.4 Å². The van der Waals surface area contributed by atoms with Crippen LogP contribution in [0.15, 0.2) is 36.8 Å². The van der Waals surface area contributed by atoms with Gasteiger partial charge in [-0.25, -0.2) is 15.0 Å². The molecule has 0 atom stereocenters. The number of amides is 1. The number of fused-ring (bicyclic) bond motifs is 1. The van der Waals surface area contributed by atoms with Crippen LogP contribution in [0.25, 0.3) is 17.0 Å². The van der Waals surface area contributed by atoms with Crippen LogP contribution in [0.2, 0.25) is 0 Å². The first-order valence-corrected chi connectivity index (χ1v) is 8.71. The molecule has 1 aliphatic heterocycles. The highest BCUT2D eigenvalue weighted by atomic mass is 19.4. The predicted molar refractivity (Wildman–Crippen MR) is 95.7 cm³/mol. The molecule has 146 valence electrons. The molecule has 1 saturated heterocycles. The van der Waals surface area contributed by atoms with Gasteiger partial charge in [0, 0.05) is 39.3 Å². The Hall–Kier alpha value is -3.17. The highest BCUT2D eigenvalue weighted by Gasteiger charge is 2.33. The van der Waals surface area contributed by atoms with Crippen LogP contribution in [0, 0.1) is 0 Å². The molecule has 0 N–H and O–H groups in total. The number of hydrogen-bond donors (Lipinski definition) is 0. The van der Waals surface area contributed by atoms with Crippen molar-refractivity contribution in [1.82, 2.24) is 24.3 Å². The number of hydrogen-bond acceptors (Lipinski definition) is 5. The van der Waals surface area contributed by atoms with Gasteiger partial charge < -0.3 is 9.80 Å². The molecular weight excluding hydrogens is 373 g/mol. The number of carbonyl (C=O) groups is 1. The average molecular weight is 390 g/mol. The van der Waals surface area contributed by atoms with Gasteiger partial charge in [-0.2, -0.15) is 13.2 Å². The van der Waals surface area contributed by atoms with Crippen LogP contribution in [-0.4, -0.2) is 56.3 Å². The van der Waals surface area contributed by atoms with Crippen LogP contribution in [-0.2, 0) is 11.0 Å². The number of aromatic nitrogens is 4. The molecule has 3 aromatic heterocycles. The first-order valence-electron chi connectivity index (χ1n) is 8.71. The van der Waals surface area contributed by atoms with Gasteiger partial charge in [0.05, 0.1) is 23.8 Å². The first kappa shape index (κ1) is 18.2. The number of carbonyl (C=O) groups excluding carboxylic acids is 1. The largest absolute Gasteiger partial charge is 0.434 e. The second-order valence-corrected chi connectivity index (χ2v) is 6.52. The summed E-state index contributed by atoms with van der Waals surface area (Å²) < 4.78 is 40.4. The number of alkyl halides is 3. The summed E-state index contributed by atoms with van der Waals surface area (Å²) in [5, 5.41) is 0. The molecule has 3 aromatic rings. The van der Waals surface area contributed by atoms with Crippen molar-refractivity contribution in [3.63, 3.8) is 0 Å². The SMILES string of the molecule is CC(=O)N1CCN(c2cccc(-c3cnc4cnc(C(F)(F)F)cn34)n2)CC1. The zero-order chi connectivity index (χ0) is 19.9. The van der Waals surface area contributed by atoms with Gasteiger partial charge in [0.1, 0.15) is 5.82 Å². The molecule has 1 fully saturated rings. The molecule has 1 amide bonds. The lowest BCUT2D eigenvalue weighted by Gasteiger charge is -2.35. The molecule has 28 heavy (non-hydrogen) atoms. The summed E-state index contributed by atoms with van der Waals surface area (Å²) in [5.41, 5.74) is 0.284. The van der Waals surface area contributed by atoms with E-state index in [1.807, 2.05) is 6.07 Å². The highest BCUT2D eigenvalue weighted by molar-refractivity contribution is 5.73. The topological polar surface area (TPSA) is 66.6 Å². The Labute approximate surface area is 158 Å². The number of imidazole rings is 1. The fourth-order valence-corrected chi connectivity index (χ4v) is 3.22. The molecule has 4 rings (SSSR count). The van der Waals surface area contributed by atoms with E-state index in [2.05, 4.69) is 19.9 Å². The lowest BCUT2D eigenvalue weighted by molar-refractivity contribution is -0.141. The van der Waals surface area contributed by atoms with Gasteiger partial charge >= 0.3 is 6.18 Å². The van der Waals surface area contributed by atoms with Crippen molar-refractivity contribution in [2.75, 3.05) is 31.1 Å². The lowest BCUT2D eigenvalue weighted by atomic mass is 10.2. The van der Waals surface area contributed by atoms with E-state index in [1.54, 1.807) is 24.0 Å². The maximum atomic E-state index is 13.0. The summed E-state index contributed by atoms with van der Waals surface area (Å²) >= 11 is 0. The third-order valence-electron chi connectivity index (χ3n) is 4.73. The van der Waals surface area contributed by atoms with E-state index in [0.717, 1.165) is 12.4 Å². The Bertz CT molecular complexity index is 1020. The normalized spacial score (nSPS) is 15.3. The van der Waals surface area contributed by atoms with Crippen LogP contribution >= 0.6 is 0 Å². The Morgan fingerprint density at radius 3 is 2.50 bits per heavy atom. The summed E-state index contributed by atoms with van der Waals surface area (Å²) in [5.74, 6) is 0.752. The fraction of sp³-hybridized carbons (Fsp3) is 0.333. The van der Waals surface area contributed by atoms with E-state index in [0.29, 0.717) is 49.0 Å². The molecule has 4 heterocycles. The molecule has 0 spiro atoms. The van der Waals surface area contributed by atoms with Crippen molar-refractivity contribution < 1.29 is 18.0 Å². The quantitative estimate of drug-likeness (QED) is 0.673. The van der Waals surface area contributed by atoms with Gasteiger partial charge in [-0.15, -0.1) is 0 Å². The molecular formula is C18H17F3N6O. The number of piperazine rings is 1. The summed E-state index contributed by atoms with van der Waals surface area (Å²) in [7, 11) is 0. The van der Waals surface area contributed by atoms with Crippen molar-refractivity contribution in [2.45, 2.75) is 13.1 Å². The van der Waals surface area contributed by atoms with Gasteiger partial charge in [0.2, 0.25) is 5.91 Å². The Morgan fingerprint density at radius 2 is 1.82 bits per heavy atom. The molecule has 1 aliphatic rings. The number of nitrogens with zero attached hydrogens (tertiary/aromatic N) is 6. The third kappa shape index (κ3) is 3.37. The lowest BCUT2D eigenvalue weighted by Crippen LogP contribution is -2.48. The first-order chi connectivity index (χ1) is 13.3. The summed E-state index contributed by atoms with van der Waals surface area (Å²) in [6.45, 7) is 4.05. The molecule has 0 aliphatic carbocycles. The molecule has 7 nitrogen and oxygen atoms in total.